The molecule has 2 aromatic rings. The van der Waals surface area contributed by atoms with Crippen LogP contribution in [-0.2, 0) is 0 Å². The van der Waals surface area contributed by atoms with E-state index in [-0.39, 0.29) is 0 Å². The summed E-state index contributed by atoms with van der Waals surface area (Å²) >= 11 is 0. The molecule has 96 valence electrons. The smallest absolute Gasteiger partial charge is 0.118 e. The molecule has 0 aromatic heterocycles. The molecule has 2 aromatic carbocycles. The van der Waals surface area contributed by atoms with Crippen molar-refractivity contribution in [1.82, 2.24) is 0 Å². The van der Waals surface area contributed by atoms with Crippen LogP contribution in [-0.4, -0.2) is 18.0 Å². The maximum absolute atomic E-state index is 9.09. The number of hydrogen-bond acceptors (Lipinski definition) is 3. The summed E-state index contributed by atoms with van der Waals surface area (Å²) in [7, 11) is 1.62. The number of benzene rings is 2. The molecule has 0 aliphatic rings. The maximum atomic E-state index is 9.09. The first-order chi connectivity index (χ1) is 9.33. The van der Waals surface area contributed by atoms with Crippen molar-refractivity contribution in [2.24, 2.45) is 5.16 Å². The van der Waals surface area contributed by atoms with Crippen LogP contribution < -0.4 is 4.74 Å². The second kappa shape index (κ2) is 6.40. The van der Waals surface area contributed by atoms with Gasteiger partial charge in [-0.15, -0.1) is 0 Å². The fourth-order valence-electron chi connectivity index (χ4n) is 1.69. The van der Waals surface area contributed by atoms with Crippen molar-refractivity contribution < 1.29 is 9.94 Å². The van der Waals surface area contributed by atoms with Gasteiger partial charge in [0.1, 0.15) is 11.5 Å². The third-order valence-corrected chi connectivity index (χ3v) is 2.73. The summed E-state index contributed by atoms with van der Waals surface area (Å²) < 4.78 is 5.09. The van der Waals surface area contributed by atoms with E-state index in [9.17, 15) is 0 Å². The maximum Gasteiger partial charge on any atom is 0.118 e. The van der Waals surface area contributed by atoms with Gasteiger partial charge in [-0.25, -0.2) is 0 Å². The van der Waals surface area contributed by atoms with Gasteiger partial charge < -0.3 is 9.94 Å². The van der Waals surface area contributed by atoms with Crippen LogP contribution in [0.3, 0.4) is 0 Å². The van der Waals surface area contributed by atoms with Gasteiger partial charge in [0.25, 0.3) is 0 Å². The molecule has 0 aliphatic carbocycles. The molecule has 1 N–H and O–H groups in total. The molecule has 0 unspecified atom stereocenters. The summed E-state index contributed by atoms with van der Waals surface area (Å²) in [6.45, 7) is 0. The summed E-state index contributed by atoms with van der Waals surface area (Å²) in [6.07, 6.45) is 3.68. The molecule has 0 aliphatic heterocycles. The molecule has 2 rings (SSSR count). The predicted octanol–water partition coefficient (Wildman–Crippen LogP) is 3.59. The number of allylic oxidation sites excluding steroid dienone is 1. The Hall–Kier alpha value is -2.55. The van der Waals surface area contributed by atoms with Crippen molar-refractivity contribution in [3.8, 4) is 5.75 Å². The van der Waals surface area contributed by atoms with Crippen molar-refractivity contribution in [1.29, 1.82) is 0 Å². The molecule has 0 bridgehead atoms. The van der Waals surface area contributed by atoms with Crippen molar-refractivity contribution in [3.63, 3.8) is 0 Å². The number of oxime groups is 1. The summed E-state index contributed by atoms with van der Waals surface area (Å²) in [6, 6.07) is 17.2. The molecular weight excluding hydrogens is 238 g/mol. The van der Waals surface area contributed by atoms with Gasteiger partial charge in [-0.3, -0.25) is 0 Å². The Balaban J connectivity index is 2.18. The van der Waals surface area contributed by atoms with Crippen molar-refractivity contribution in [2.45, 2.75) is 0 Å². The summed E-state index contributed by atoms with van der Waals surface area (Å²) in [5.41, 5.74) is 2.39. The van der Waals surface area contributed by atoms with Crippen molar-refractivity contribution in [3.05, 3.63) is 71.8 Å². The molecule has 0 saturated carbocycles. The lowest BCUT2D eigenvalue weighted by Crippen LogP contribution is -1.96. The largest absolute Gasteiger partial charge is 0.497 e. The first kappa shape index (κ1) is 12.9. The van der Waals surface area contributed by atoms with E-state index in [1.54, 1.807) is 13.2 Å². The fourth-order valence-corrected chi connectivity index (χ4v) is 1.69. The van der Waals surface area contributed by atoms with Crippen molar-refractivity contribution in [2.75, 3.05) is 7.11 Å². The second-order valence-corrected chi connectivity index (χ2v) is 3.96. The minimum absolute atomic E-state index is 0.506. The van der Waals surface area contributed by atoms with Crippen LogP contribution in [0.15, 0.2) is 65.8 Å². The summed E-state index contributed by atoms with van der Waals surface area (Å²) in [5.74, 6) is 0.771. The Morgan fingerprint density at radius 3 is 2.32 bits per heavy atom. The summed E-state index contributed by atoms with van der Waals surface area (Å²) in [5, 5.41) is 12.4. The van der Waals surface area contributed by atoms with Crippen LogP contribution in [0.1, 0.15) is 11.1 Å². The SMILES string of the molecule is COc1ccc(C(C=Cc2ccccc2)=NO)cc1. The molecule has 3 heteroatoms. The van der Waals surface area contributed by atoms with E-state index >= 15 is 0 Å². The normalized spacial score (nSPS) is 11.7. The van der Waals surface area contributed by atoms with E-state index < -0.39 is 0 Å². The summed E-state index contributed by atoms with van der Waals surface area (Å²) in [4.78, 5) is 0. The topological polar surface area (TPSA) is 41.8 Å². The first-order valence-electron chi connectivity index (χ1n) is 5.93. The van der Waals surface area contributed by atoms with Crippen LogP contribution in [0.25, 0.3) is 6.08 Å². The molecule has 0 atom stereocenters. The van der Waals surface area contributed by atoms with E-state index in [0.29, 0.717) is 5.71 Å². The van der Waals surface area contributed by atoms with Gasteiger partial charge in [0.15, 0.2) is 0 Å². The number of nitrogens with zero attached hydrogens (tertiary/aromatic N) is 1. The van der Waals surface area contributed by atoms with Crippen LogP contribution in [0, 0.1) is 0 Å². The van der Waals surface area contributed by atoms with Gasteiger partial charge in [-0.1, -0.05) is 41.6 Å². The zero-order valence-corrected chi connectivity index (χ0v) is 10.7. The Morgan fingerprint density at radius 1 is 1.05 bits per heavy atom. The van der Waals surface area contributed by atoms with Crippen molar-refractivity contribution >= 4 is 11.8 Å². The molecule has 19 heavy (non-hydrogen) atoms. The van der Waals surface area contributed by atoms with Crippen LogP contribution in [0.2, 0.25) is 0 Å². The standard InChI is InChI=1S/C16H15NO2/c1-19-15-10-8-14(9-11-15)16(17-18)12-7-13-5-3-2-4-6-13/h2-12,18H,1H3. The number of rotatable bonds is 4. The molecule has 0 spiro atoms. The highest BCUT2D eigenvalue weighted by molar-refractivity contribution is 6.10. The quantitative estimate of drug-likeness (QED) is 0.514. The first-order valence-corrected chi connectivity index (χ1v) is 5.93. The average molecular weight is 253 g/mol. The molecule has 0 radical (unpaired) electrons. The molecule has 0 fully saturated rings. The third-order valence-electron chi connectivity index (χ3n) is 2.73. The van der Waals surface area contributed by atoms with Gasteiger partial charge in [-0.2, -0.15) is 0 Å². The average Bonchev–Trinajstić information content (AvgIpc) is 2.49. The fraction of sp³-hybridized carbons (Fsp3) is 0.0625. The molecule has 0 saturated heterocycles. The minimum atomic E-state index is 0.506. The van der Waals surface area contributed by atoms with E-state index in [1.807, 2.05) is 60.7 Å². The highest BCUT2D eigenvalue weighted by Gasteiger charge is 2.00. The van der Waals surface area contributed by atoms with Gasteiger partial charge in [0, 0.05) is 5.56 Å². The highest BCUT2D eigenvalue weighted by atomic mass is 16.5. The Labute approximate surface area is 112 Å². The Bertz CT molecular complexity index is 571. The zero-order chi connectivity index (χ0) is 13.5. The highest BCUT2D eigenvalue weighted by Crippen LogP contribution is 2.13. The van der Waals surface area contributed by atoms with Crippen LogP contribution in [0.4, 0.5) is 0 Å². The lowest BCUT2D eigenvalue weighted by molar-refractivity contribution is 0.320. The Kier molecular flexibility index (Phi) is 4.34. The van der Waals surface area contributed by atoms with E-state index in [1.165, 1.54) is 0 Å². The minimum Gasteiger partial charge on any atom is -0.497 e. The lowest BCUT2D eigenvalue weighted by atomic mass is 10.1. The van der Waals surface area contributed by atoms with E-state index in [4.69, 9.17) is 9.94 Å². The zero-order valence-electron chi connectivity index (χ0n) is 10.7. The predicted molar refractivity (Wildman–Crippen MR) is 76.8 cm³/mol. The molecule has 0 amide bonds. The Morgan fingerprint density at radius 2 is 1.74 bits per heavy atom. The number of ether oxygens (including phenoxy) is 1. The monoisotopic (exact) mass is 253 g/mol. The molecule has 0 heterocycles. The lowest BCUT2D eigenvalue weighted by Gasteiger charge is -2.02. The van der Waals surface area contributed by atoms with Gasteiger partial charge in [-0.05, 0) is 35.9 Å². The van der Waals surface area contributed by atoms with Gasteiger partial charge >= 0.3 is 0 Å². The van der Waals surface area contributed by atoms with Gasteiger partial charge in [0.2, 0.25) is 0 Å². The number of methoxy groups -OCH3 is 1. The third kappa shape index (κ3) is 3.45. The number of hydrogen-bond donors (Lipinski definition) is 1. The molecular formula is C16H15NO2. The molecule has 3 nitrogen and oxygen atoms in total. The second-order valence-electron chi connectivity index (χ2n) is 3.96. The van der Waals surface area contributed by atoms with E-state index in [0.717, 1.165) is 16.9 Å². The van der Waals surface area contributed by atoms with Crippen LogP contribution in [0.5, 0.6) is 5.75 Å². The van der Waals surface area contributed by atoms with E-state index in [2.05, 4.69) is 5.16 Å². The van der Waals surface area contributed by atoms with Gasteiger partial charge in [0.05, 0.1) is 7.11 Å². The van der Waals surface area contributed by atoms with Crippen LogP contribution >= 0.6 is 0 Å².